The summed E-state index contributed by atoms with van der Waals surface area (Å²) in [4.78, 5) is 26.2. The number of hydrogen-bond acceptors (Lipinski definition) is 4. The highest BCUT2D eigenvalue weighted by Gasteiger charge is 2.32. The van der Waals surface area contributed by atoms with Gasteiger partial charge in [-0.1, -0.05) is 35.9 Å². The largest absolute Gasteiger partial charge is 0.457 e. The minimum atomic E-state index is -0.549. The van der Waals surface area contributed by atoms with E-state index in [0.717, 1.165) is 0 Å². The molecule has 5 nitrogen and oxygen atoms in total. The second-order valence-corrected chi connectivity index (χ2v) is 6.44. The average Bonchev–Trinajstić information content (AvgIpc) is 2.65. The zero-order valence-corrected chi connectivity index (χ0v) is 15.7. The van der Waals surface area contributed by atoms with E-state index in [1.165, 1.54) is 17.1 Å². The third-order valence-electron chi connectivity index (χ3n) is 3.76. The summed E-state index contributed by atoms with van der Waals surface area (Å²) in [5, 5.41) is 3.18. The van der Waals surface area contributed by atoms with Crippen LogP contribution in [0.5, 0.6) is 11.5 Å². The summed E-state index contributed by atoms with van der Waals surface area (Å²) in [5.41, 5.74) is 0.551. The molecule has 0 atom stereocenters. The number of halogens is 1. The quantitative estimate of drug-likeness (QED) is 0.358. The number of amides is 2. The van der Waals surface area contributed by atoms with Crippen molar-refractivity contribution in [3.05, 3.63) is 77.3 Å². The van der Waals surface area contributed by atoms with E-state index in [-0.39, 0.29) is 17.2 Å². The summed E-state index contributed by atoms with van der Waals surface area (Å²) in [6.45, 7) is 3.81. The van der Waals surface area contributed by atoms with Crippen LogP contribution in [-0.4, -0.2) is 28.4 Å². The first-order valence-corrected chi connectivity index (χ1v) is 8.80. The maximum atomic E-state index is 12.7. The Balaban J connectivity index is 1.95. The first-order valence-electron chi connectivity index (χ1n) is 8.02. The van der Waals surface area contributed by atoms with Gasteiger partial charge in [-0.3, -0.25) is 19.8 Å². The number of thiocarbonyl (C=S) groups is 1. The Morgan fingerprint density at radius 2 is 1.85 bits per heavy atom. The van der Waals surface area contributed by atoms with E-state index < -0.39 is 11.8 Å². The smallest absolute Gasteiger partial charge is 0.265 e. The molecule has 0 saturated carbocycles. The van der Waals surface area contributed by atoms with Gasteiger partial charge in [0.25, 0.3) is 11.8 Å². The Hall–Kier alpha value is -2.96. The van der Waals surface area contributed by atoms with Crippen molar-refractivity contribution in [3.8, 4) is 11.5 Å². The molecule has 136 valence electrons. The van der Waals surface area contributed by atoms with Gasteiger partial charge in [0.05, 0.1) is 0 Å². The van der Waals surface area contributed by atoms with Gasteiger partial charge in [-0.25, -0.2) is 0 Å². The molecule has 0 radical (unpaired) electrons. The van der Waals surface area contributed by atoms with Gasteiger partial charge in [0.15, 0.2) is 5.11 Å². The van der Waals surface area contributed by atoms with Crippen molar-refractivity contribution in [2.45, 2.75) is 0 Å². The summed E-state index contributed by atoms with van der Waals surface area (Å²) in [7, 11) is 0. The van der Waals surface area contributed by atoms with E-state index in [1.807, 2.05) is 0 Å². The van der Waals surface area contributed by atoms with Gasteiger partial charge in [-0.05, 0) is 48.6 Å². The average molecular weight is 399 g/mol. The molecule has 1 heterocycles. The van der Waals surface area contributed by atoms with E-state index in [1.54, 1.807) is 48.5 Å². The van der Waals surface area contributed by atoms with E-state index in [0.29, 0.717) is 22.1 Å². The van der Waals surface area contributed by atoms with Gasteiger partial charge >= 0.3 is 0 Å². The standard InChI is InChI=1S/C20H15ClN2O3S/c1-2-11-23-19(25)16(18(24)22-20(23)27)12-13-5-3-4-6-17(13)26-15-9-7-14(21)8-10-15/h2-10,12H,1,11H2,(H,22,24,27). The highest BCUT2D eigenvalue weighted by molar-refractivity contribution is 7.80. The molecule has 2 aromatic carbocycles. The van der Waals surface area contributed by atoms with E-state index >= 15 is 0 Å². The minimum Gasteiger partial charge on any atom is -0.457 e. The van der Waals surface area contributed by atoms with Crippen LogP contribution in [-0.2, 0) is 9.59 Å². The van der Waals surface area contributed by atoms with Crippen LogP contribution < -0.4 is 10.1 Å². The lowest BCUT2D eigenvalue weighted by atomic mass is 10.1. The second kappa shape index (κ2) is 8.16. The Morgan fingerprint density at radius 3 is 2.56 bits per heavy atom. The molecule has 2 amide bonds. The predicted octanol–water partition coefficient (Wildman–Crippen LogP) is 3.95. The summed E-state index contributed by atoms with van der Waals surface area (Å²) in [6.07, 6.45) is 3.03. The molecule has 1 aliphatic heterocycles. The van der Waals surface area contributed by atoms with Crippen molar-refractivity contribution < 1.29 is 14.3 Å². The molecular weight excluding hydrogens is 384 g/mol. The highest BCUT2D eigenvalue weighted by atomic mass is 35.5. The van der Waals surface area contributed by atoms with Crippen molar-refractivity contribution >= 4 is 46.8 Å². The monoisotopic (exact) mass is 398 g/mol. The Kier molecular flexibility index (Phi) is 5.69. The first-order chi connectivity index (χ1) is 13.0. The molecule has 1 N–H and O–H groups in total. The molecule has 0 aliphatic carbocycles. The minimum absolute atomic E-state index is 0.0300. The number of carbonyl (C=O) groups is 2. The third-order valence-corrected chi connectivity index (χ3v) is 4.33. The molecule has 0 unspecified atom stereocenters. The molecule has 7 heteroatoms. The zero-order valence-electron chi connectivity index (χ0n) is 14.1. The molecule has 0 bridgehead atoms. The molecule has 0 aromatic heterocycles. The van der Waals surface area contributed by atoms with Crippen molar-refractivity contribution in [2.24, 2.45) is 0 Å². The normalized spacial score (nSPS) is 15.7. The van der Waals surface area contributed by atoms with Gasteiger partial charge < -0.3 is 4.74 Å². The van der Waals surface area contributed by atoms with E-state index in [4.69, 9.17) is 28.6 Å². The molecule has 1 saturated heterocycles. The Bertz CT molecular complexity index is 954. The van der Waals surface area contributed by atoms with Gasteiger partial charge in [0, 0.05) is 17.1 Å². The lowest BCUT2D eigenvalue weighted by Crippen LogP contribution is -2.53. The number of benzene rings is 2. The van der Waals surface area contributed by atoms with Crippen LogP contribution in [0.15, 0.2) is 66.8 Å². The lowest BCUT2D eigenvalue weighted by molar-refractivity contribution is -0.128. The maximum absolute atomic E-state index is 12.7. The number of nitrogens with zero attached hydrogens (tertiary/aromatic N) is 1. The van der Waals surface area contributed by atoms with Gasteiger partial charge in [0.2, 0.25) is 0 Å². The van der Waals surface area contributed by atoms with Gasteiger partial charge in [-0.2, -0.15) is 0 Å². The highest BCUT2D eigenvalue weighted by Crippen LogP contribution is 2.28. The molecule has 3 rings (SSSR count). The number of ether oxygens (including phenoxy) is 1. The number of carbonyl (C=O) groups excluding carboxylic acids is 2. The molecule has 1 fully saturated rings. The topological polar surface area (TPSA) is 58.6 Å². The molecular formula is C20H15ClN2O3S. The predicted molar refractivity (Wildman–Crippen MR) is 109 cm³/mol. The van der Waals surface area contributed by atoms with E-state index in [2.05, 4.69) is 11.9 Å². The molecule has 27 heavy (non-hydrogen) atoms. The van der Waals surface area contributed by atoms with Gasteiger partial charge in [0.1, 0.15) is 17.1 Å². The van der Waals surface area contributed by atoms with Crippen molar-refractivity contribution in [1.29, 1.82) is 0 Å². The summed E-state index contributed by atoms with van der Waals surface area (Å²) in [6, 6.07) is 14.0. The summed E-state index contributed by atoms with van der Waals surface area (Å²) < 4.78 is 5.87. The van der Waals surface area contributed by atoms with Crippen LogP contribution in [0.1, 0.15) is 5.56 Å². The van der Waals surface area contributed by atoms with Crippen molar-refractivity contribution in [2.75, 3.05) is 6.54 Å². The van der Waals surface area contributed by atoms with Crippen LogP contribution in [0.25, 0.3) is 6.08 Å². The van der Waals surface area contributed by atoms with Crippen molar-refractivity contribution in [1.82, 2.24) is 10.2 Å². The molecule has 0 spiro atoms. The zero-order chi connectivity index (χ0) is 19.4. The SMILES string of the molecule is C=CCN1C(=O)C(=Cc2ccccc2Oc2ccc(Cl)cc2)C(=O)NC1=S. The fourth-order valence-electron chi connectivity index (χ4n) is 2.47. The lowest BCUT2D eigenvalue weighted by Gasteiger charge is -2.27. The van der Waals surface area contributed by atoms with Crippen molar-refractivity contribution in [3.63, 3.8) is 0 Å². The molecule has 1 aliphatic rings. The Morgan fingerprint density at radius 1 is 1.15 bits per heavy atom. The first kappa shape index (κ1) is 18.8. The van der Waals surface area contributed by atoms with Crippen LogP contribution >= 0.6 is 23.8 Å². The Labute approximate surface area is 166 Å². The van der Waals surface area contributed by atoms with E-state index in [9.17, 15) is 9.59 Å². The van der Waals surface area contributed by atoms with Gasteiger partial charge in [-0.15, -0.1) is 6.58 Å². The summed E-state index contributed by atoms with van der Waals surface area (Å²) >= 11 is 10.9. The second-order valence-electron chi connectivity index (χ2n) is 5.62. The maximum Gasteiger partial charge on any atom is 0.265 e. The third kappa shape index (κ3) is 4.24. The number of nitrogens with one attached hydrogen (secondary N) is 1. The fraction of sp³-hybridized carbons (Fsp3) is 0.0500. The van der Waals surface area contributed by atoms with Crippen LogP contribution in [0, 0.1) is 0 Å². The fourth-order valence-corrected chi connectivity index (χ4v) is 2.84. The number of para-hydroxylation sites is 1. The summed E-state index contributed by atoms with van der Waals surface area (Å²) in [5.74, 6) is 0.0482. The van der Waals surface area contributed by atoms with Crippen LogP contribution in [0.4, 0.5) is 0 Å². The van der Waals surface area contributed by atoms with Crippen LogP contribution in [0.2, 0.25) is 5.02 Å². The number of rotatable bonds is 5. The van der Waals surface area contributed by atoms with Crippen LogP contribution in [0.3, 0.4) is 0 Å². The number of hydrogen-bond donors (Lipinski definition) is 1. The molecule has 2 aromatic rings.